The van der Waals surface area contributed by atoms with Crippen LogP contribution in [0.25, 0.3) is 0 Å². The van der Waals surface area contributed by atoms with Gasteiger partial charge in [0.2, 0.25) is 0 Å². The van der Waals surface area contributed by atoms with Gasteiger partial charge >= 0.3 is 27.3 Å². The predicted octanol–water partition coefficient (Wildman–Crippen LogP) is -3.67. The van der Waals surface area contributed by atoms with E-state index in [-0.39, 0.29) is 64.1 Å². The summed E-state index contributed by atoms with van der Waals surface area (Å²) in [5.74, 6) is 0. The van der Waals surface area contributed by atoms with Crippen LogP contribution in [0.4, 0.5) is 0 Å². The van der Waals surface area contributed by atoms with E-state index < -0.39 is 0 Å². The van der Waals surface area contributed by atoms with E-state index in [0.29, 0.717) is 0 Å². The van der Waals surface area contributed by atoms with Crippen LogP contribution in [-0.4, -0.2) is 62.2 Å². The number of hydrogen-bond acceptors (Lipinski definition) is 0. The minimum absolute atomic E-state index is 0. The first-order chi connectivity index (χ1) is 1.00. The van der Waals surface area contributed by atoms with Crippen molar-refractivity contribution in [3.05, 3.63) is 0 Å². The predicted molar refractivity (Wildman–Crippen MR) is 34.2 cm³/mol. The molecule has 24 valence electrons. The van der Waals surface area contributed by atoms with E-state index in [1.807, 2.05) is 0 Å². The Hall–Kier alpha value is 2.36. The van der Waals surface area contributed by atoms with Crippen molar-refractivity contribution in [1.82, 2.24) is 0 Å². The average Bonchev–Trinajstić information content (AvgIpc) is 1.00. The van der Waals surface area contributed by atoms with Gasteiger partial charge in [-0.25, -0.2) is 0 Å². The molecule has 0 heterocycles. The van der Waals surface area contributed by atoms with Crippen molar-refractivity contribution in [1.29, 1.82) is 0 Å². The van der Waals surface area contributed by atoms with Crippen LogP contribution in [0.15, 0.2) is 0 Å². The Kier molecular flexibility index (Phi) is 173. The second-order valence-electron chi connectivity index (χ2n) is 0. The summed E-state index contributed by atoms with van der Waals surface area (Å²) < 4.78 is 0. The molecule has 0 aromatic carbocycles. The fraction of sp³-hybridized carbons (Fsp3) is 0. The maximum Gasteiger partial charge on any atom is 0 e. The van der Waals surface area contributed by atoms with Gasteiger partial charge in [-0.2, -0.15) is 0 Å². The molecule has 0 aliphatic rings. The molecule has 5 heavy (non-hydrogen) atoms. The molecule has 0 rings (SSSR count). The summed E-state index contributed by atoms with van der Waals surface area (Å²) in [4.78, 5) is 0. The molecule has 0 saturated carbocycles. The molecular weight excluding hydrogens is 338 g/mol. The third-order valence-corrected chi connectivity index (χ3v) is 0. The van der Waals surface area contributed by atoms with Crippen molar-refractivity contribution in [3.63, 3.8) is 0 Å². The molecule has 0 nitrogen and oxygen atoms in total. The van der Waals surface area contributed by atoms with Crippen molar-refractivity contribution in [2.24, 2.45) is 0 Å². The van der Waals surface area contributed by atoms with Crippen LogP contribution in [-0.2, 0) is 19.5 Å². The van der Waals surface area contributed by atoms with E-state index in [0.717, 1.165) is 10.1 Å². The zero-order valence-corrected chi connectivity index (χ0v) is 13.5. The van der Waals surface area contributed by atoms with E-state index in [2.05, 4.69) is 7.44 Å². The van der Waals surface area contributed by atoms with Crippen LogP contribution >= 0.6 is 0 Å². The van der Waals surface area contributed by atoms with Gasteiger partial charge in [0.25, 0.3) is 0 Å². The van der Waals surface area contributed by atoms with Crippen LogP contribution < -0.4 is 0 Å². The summed E-state index contributed by atoms with van der Waals surface area (Å²) in [6, 6.07) is 0. The van der Waals surface area contributed by atoms with E-state index >= 15 is 0 Å². The Balaban J connectivity index is -0.00000000167. The minimum Gasteiger partial charge on any atom is 0 e. The zero-order valence-electron chi connectivity index (χ0n) is 2.99. The normalized spacial score (nSPS) is 1.60. The summed E-state index contributed by atoms with van der Waals surface area (Å²) in [6.07, 6.45) is 0. The molecule has 0 aromatic heterocycles. The van der Waals surface area contributed by atoms with Crippen molar-refractivity contribution >= 4 is 62.2 Å². The standard InChI is InChI=1S/Al.BH3Si.Pb.Zn.5H/c;1-2;;;;;;;/h;2H3;;;;;;;. The maximum absolute atomic E-state index is 4.64. The molecular formula is H8AlBPbSiZn. The first-order valence-corrected chi connectivity index (χ1v) is 1.73. The van der Waals surface area contributed by atoms with Gasteiger partial charge in [0.05, 0.1) is 0 Å². The van der Waals surface area contributed by atoms with Gasteiger partial charge in [-0.3, -0.25) is 0 Å². The first kappa shape index (κ1) is 26.4. The van der Waals surface area contributed by atoms with Crippen molar-refractivity contribution in [2.45, 2.75) is 0 Å². The molecule has 0 saturated heterocycles. The van der Waals surface area contributed by atoms with Gasteiger partial charge < -0.3 is 0 Å². The van der Waals surface area contributed by atoms with Crippen LogP contribution in [0, 0.1) is 0 Å². The van der Waals surface area contributed by atoms with Gasteiger partial charge in [0, 0.05) is 26.9 Å². The van der Waals surface area contributed by atoms with Crippen LogP contribution in [0.1, 0.15) is 0 Å². The van der Waals surface area contributed by atoms with Crippen molar-refractivity contribution < 1.29 is 19.5 Å². The van der Waals surface area contributed by atoms with Crippen molar-refractivity contribution in [3.8, 4) is 0 Å². The van der Waals surface area contributed by atoms with Crippen LogP contribution in [0.2, 0.25) is 0 Å². The Morgan fingerprint density at radius 1 is 1.20 bits per heavy atom. The van der Waals surface area contributed by atoms with Gasteiger partial charge in [-0.05, 0) is 10.1 Å². The molecule has 0 aliphatic heterocycles. The fourth-order valence-electron chi connectivity index (χ4n) is 0. The number of hydrogen-bond donors (Lipinski definition) is 0. The zero-order chi connectivity index (χ0) is 2.00. The van der Waals surface area contributed by atoms with Crippen LogP contribution in [0.3, 0.4) is 0 Å². The van der Waals surface area contributed by atoms with Gasteiger partial charge in [-0.1, -0.05) is 0 Å². The summed E-state index contributed by atoms with van der Waals surface area (Å²) in [7, 11) is 5.44. The second kappa shape index (κ2) is 32.8. The Morgan fingerprint density at radius 2 is 1.20 bits per heavy atom. The molecule has 0 amide bonds. The third kappa shape index (κ3) is 21.7. The first-order valence-electron chi connectivity index (χ1n) is 0.577. The smallest absolute Gasteiger partial charge is 0 e. The average molecular weight is 347 g/mol. The quantitative estimate of drug-likeness (QED) is 0.397. The van der Waals surface area contributed by atoms with Gasteiger partial charge in [0.15, 0.2) is 17.4 Å². The van der Waals surface area contributed by atoms with E-state index in [4.69, 9.17) is 0 Å². The van der Waals surface area contributed by atoms with Gasteiger partial charge in [0.1, 0.15) is 0 Å². The SMILES string of the molecule is [AlH3].[B][SiH3].[PbH2].[Zn]. The molecule has 5 heteroatoms. The second-order valence-corrected chi connectivity index (χ2v) is 0. The molecule has 0 aliphatic carbocycles. The van der Waals surface area contributed by atoms with E-state index in [1.54, 1.807) is 0 Å². The Bertz CT molecular complexity index is 11.6. The molecule has 4 radical (unpaired) electrons. The molecule has 0 unspecified atom stereocenters. The molecule has 0 aromatic rings. The maximum atomic E-state index is 4.64. The topological polar surface area (TPSA) is 0 Å². The third-order valence-electron chi connectivity index (χ3n) is 0. The molecule has 0 bridgehead atoms. The summed E-state index contributed by atoms with van der Waals surface area (Å²) in [5.41, 5.74) is 0. The van der Waals surface area contributed by atoms with E-state index in [9.17, 15) is 0 Å². The molecule has 0 spiro atoms. The largest absolute Gasteiger partial charge is 0 e. The fourth-order valence-corrected chi connectivity index (χ4v) is 0. The minimum atomic E-state index is 0. The van der Waals surface area contributed by atoms with Gasteiger partial charge in [-0.15, -0.1) is 0 Å². The monoisotopic (exact) mass is 346 g/mol. The van der Waals surface area contributed by atoms with E-state index in [1.165, 1.54) is 0 Å². The van der Waals surface area contributed by atoms with Crippen molar-refractivity contribution in [2.75, 3.05) is 0 Å². The molecule has 0 atom stereocenters. The summed E-state index contributed by atoms with van der Waals surface area (Å²) in [6.45, 7) is 0. The Labute approximate surface area is 80.7 Å². The molecule has 0 N–H and O–H groups in total. The van der Waals surface area contributed by atoms with Crippen LogP contribution in [0.5, 0.6) is 0 Å². The number of rotatable bonds is 0. The summed E-state index contributed by atoms with van der Waals surface area (Å²) in [5, 5.41) is 0. The summed E-state index contributed by atoms with van der Waals surface area (Å²) >= 11 is 0. The Morgan fingerprint density at radius 3 is 1.20 bits per heavy atom. The molecule has 0 fully saturated rings.